The van der Waals surface area contributed by atoms with E-state index in [0.717, 1.165) is 12.3 Å². The zero-order chi connectivity index (χ0) is 20.5. The molecule has 0 N–H and O–H groups in total. The number of ether oxygens (including phenoxy) is 1. The highest BCUT2D eigenvalue weighted by atomic mass is 32.2. The standard InChI is InChI=1S/C18H14F4N2O3S/c1-27-15-7-4-12(8-14(15)19)17-23-16(18(20,21)22)9-24(17)13-5-2-11(3-6-13)10-28(25)26/h2-9H,10H2,1H3,(H,25,26)/p-1. The maximum Gasteiger partial charge on any atom is 0.434 e. The van der Waals surface area contributed by atoms with E-state index < -0.39 is 28.8 Å². The van der Waals surface area contributed by atoms with Crippen LogP contribution in [0.15, 0.2) is 48.7 Å². The van der Waals surface area contributed by atoms with Gasteiger partial charge in [0.15, 0.2) is 17.3 Å². The van der Waals surface area contributed by atoms with E-state index in [1.54, 1.807) is 0 Å². The molecule has 1 unspecified atom stereocenters. The number of rotatable bonds is 5. The number of halogens is 4. The number of alkyl halides is 3. The van der Waals surface area contributed by atoms with Gasteiger partial charge in [0, 0.05) is 23.2 Å². The van der Waals surface area contributed by atoms with Gasteiger partial charge in [0.1, 0.15) is 5.82 Å². The third kappa shape index (κ3) is 4.23. The number of nitrogens with zero attached hydrogens (tertiary/aromatic N) is 2. The molecule has 0 amide bonds. The summed E-state index contributed by atoms with van der Waals surface area (Å²) < 4.78 is 81.1. The largest absolute Gasteiger partial charge is 0.772 e. The normalized spacial score (nSPS) is 12.8. The Hall–Kier alpha value is -2.72. The van der Waals surface area contributed by atoms with Gasteiger partial charge in [0.25, 0.3) is 0 Å². The summed E-state index contributed by atoms with van der Waals surface area (Å²) in [6.07, 6.45) is -3.89. The van der Waals surface area contributed by atoms with Gasteiger partial charge in [0.2, 0.25) is 0 Å². The van der Waals surface area contributed by atoms with Gasteiger partial charge in [0.05, 0.1) is 7.11 Å². The first-order chi connectivity index (χ1) is 13.2. The molecule has 148 valence electrons. The van der Waals surface area contributed by atoms with Crippen LogP contribution in [-0.4, -0.2) is 25.4 Å². The van der Waals surface area contributed by atoms with Crippen molar-refractivity contribution in [2.24, 2.45) is 0 Å². The lowest BCUT2D eigenvalue weighted by atomic mass is 10.2. The average molecular weight is 413 g/mol. The number of imidazole rings is 1. The van der Waals surface area contributed by atoms with E-state index in [1.165, 1.54) is 48.1 Å². The van der Waals surface area contributed by atoms with Crippen molar-refractivity contribution in [3.05, 3.63) is 65.7 Å². The van der Waals surface area contributed by atoms with Crippen LogP contribution in [0, 0.1) is 5.82 Å². The van der Waals surface area contributed by atoms with Gasteiger partial charge in [-0.2, -0.15) is 13.2 Å². The molecule has 1 heterocycles. The van der Waals surface area contributed by atoms with E-state index in [4.69, 9.17) is 4.74 Å². The zero-order valence-corrected chi connectivity index (χ0v) is 15.2. The Labute approximate surface area is 159 Å². The number of aromatic nitrogens is 2. The molecule has 0 fully saturated rings. The lowest BCUT2D eigenvalue weighted by molar-refractivity contribution is -0.140. The van der Waals surface area contributed by atoms with Crippen molar-refractivity contribution in [1.29, 1.82) is 0 Å². The van der Waals surface area contributed by atoms with Gasteiger partial charge in [-0.05, 0) is 35.9 Å². The monoisotopic (exact) mass is 413 g/mol. The van der Waals surface area contributed by atoms with E-state index >= 15 is 0 Å². The number of methoxy groups -OCH3 is 1. The Balaban J connectivity index is 2.11. The molecule has 5 nitrogen and oxygen atoms in total. The third-order valence-corrected chi connectivity index (χ3v) is 4.47. The van der Waals surface area contributed by atoms with Crippen molar-refractivity contribution < 1.29 is 31.1 Å². The maximum absolute atomic E-state index is 14.0. The summed E-state index contributed by atoms with van der Waals surface area (Å²) >= 11 is -2.29. The van der Waals surface area contributed by atoms with Crippen molar-refractivity contribution in [1.82, 2.24) is 9.55 Å². The summed E-state index contributed by atoms with van der Waals surface area (Å²) in [6.45, 7) is 0. The minimum absolute atomic E-state index is 0.0483. The molecule has 28 heavy (non-hydrogen) atoms. The Morgan fingerprint density at radius 1 is 1.18 bits per heavy atom. The van der Waals surface area contributed by atoms with E-state index in [-0.39, 0.29) is 22.9 Å². The molecule has 10 heteroatoms. The van der Waals surface area contributed by atoms with Crippen molar-refractivity contribution in [2.45, 2.75) is 11.9 Å². The predicted molar refractivity (Wildman–Crippen MR) is 93.1 cm³/mol. The second-order valence-electron chi connectivity index (χ2n) is 5.78. The van der Waals surface area contributed by atoms with Crippen LogP contribution >= 0.6 is 0 Å². The van der Waals surface area contributed by atoms with E-state index in [2.05, 4.69) is 4.98 Å². The van der Waals surface area contributed by atoms with Gasteiger partial charge in [-0.1, -0.05) is 23.2 Å². The van der Waals surface area contributed by atoms with Crippen LogP contribution in [0.3, 0.4) is 0 Å². The second-order valence-corrected chi connectivity index (χ2v) is 6.68. The summed E-state index contributed by atoms with van der Waals surface area (Å²) in [5.41, 5.74) is -0.220. The van der Waals surface area contributed by atoms with Crippen LogP contribution in [-0.2, 0) is 23.0 Å². The Kier molecular flexibility index (Phi) is 5.52. The lowest BCUT2D eigenvalue weighted by Crippen LogP contribution is -2.05. The fourth-order valence-electron chi connectivity index (χ4n) is 2.61. The van der Waals surface area contributed by atoms with E-state index in [9.17, 15) is 26.3 Å². The van der Waals surface area contributed by atoms with Gasteiger partial charge >= 0.3 is 6.18 Å². The maximum atomic E-state index is 14.0. The summed E-state index contributed by atoms with van der Waals surface area (Å²) in [7, 11) is 1.28. The molecule has 0 aliphatic heterocycles. The van der Waals surface area contributed by atoms with E-state index in [0.29, 0.717) is 11.3 Å². The SMILES string of the molecule is COc1ccc(-c2nc(C(F)(F)F)cn2-c2ccc(CS(=O)[O-])cc2)cc1F. The first kappa shape index (κ1) is 20.0. The summed E-state index contributed by atoms with van der Waals surface area (Å²) in [4.78, 5) is 3.63. The lowest BCUT2D eigenvalue weighted by Gasteiger charge is -2.10. The molecule has 0 radical (unpaired) electrons. The Bertz CT molecular complexity index is 1020. The Morgan fingerprint density at radius 3 is 2.39 bits per heavy atom. The predicted octanol–water partition coefficient (Wildman–Crippen LogP) is 4.08. The molecule has 2 aromatic carbocycles. The van der Waals surface area contributed by atoms with Crippen LogP contribution in [0.25, 0.3) is 17.1 Å². The first-order valence-electron chi connectivity index (χ1n) is 7.84. The molecule has 0 aliphatic rings. The second kappa shape index (κ2) is 7.72. The minimum atomic E-state index is -4.69. The molecule has 0 aliphatic carbocycles. The molecule has 1 atom stereocenters. The van der Waals surface area contributed by atoms with Crippen LogP contribution < -0.4 is 4.74 Å². The van der Waals surface area contributed by atoms with Gasteiger partial charge < -0.3 is 9.29 Å². The fourth-order valence-corrected chi connectivity index (χ4v) is 3.08. The fraction of sp³-hybridized carbons (Fsp3) is 0.167. The van der Waals surface area contributed by atoms with E-state index in [1.807, 2.05) is 0 Å². The Morgan fingerprint density at radius 2 is 1.86 bits per heavy atom. The summed E-state index contributed by atoms with van der Waals surface area (Å²) in [5, 5.41) is 0. The molecule has 1 aromatic heterocycles. The van der Waals surface area contributed by atoms with Crippen molar-refractivity contribution in [3.63, 3.8) is 0 Å². The average Bonchev–Trinajstić information content (AvgIpc) is 3.07. The van der Waals surface area contributed by atoms with Crippen LogP contribution in [0.5, 0.6) is 5.75 Å². The van der Waals surface area contributed by atoms with Crippen LogP contribution in [0.2, 0.25) is 0 Å². The number of hydrogen-bond acceptors (Lipinski definition) is 4. The third-order valence-electron chi connectivity index (χ3n) is 3.91. The van der Waals surface area contributed by atoms with Crippen LogP contribution in [0.4, 0.5) is 17.6 Å². The molecular formula is C18H13F4N2O3S-. The minimum Gasteiger partial charge on any atom is -0.772 e. The molecule has 0 saturated carbocycles. The summed E-state index contributed by atoms with van der Waals surface area (Å²) in [5.74, 6) is -1.12. The smallest absolute Gasteiger partial charge is 0.434 e. The number of hydrogen-bond donors (Lipinski definition) is 0. The quantitative estimate of drug-likeness (QED) is 0.467. The van der Waals surface area contributed by atoms with Crippen molar-refractivity contribution >= 4 is 11.1 Å². The zero-order valence-electron chi connectivity index (χ0n) is 14.4. The molecule has 0 saturated heterocycles. The highest BCUT2D eigenvalue weighted by Crippen LogP contribution is 2.33. The topological polar surface area (TPSA) is 67.2 Å². The number of benzene rings is 2. The molecule has 0 bridgehead atoms. The summed E-state index contributed by atoms with van der Waals surface area (Å²) in [6, 6.07) is 9.63. The van der Waals surface area contributed by atoms with Gasteiger partial charge in [-0.15, -0.1) is 0 Å². The first-order valence-corrected chi connectivity index (χ1v) is 9.09. The van der Waals surface area contributed by atoms with Crippen molar-refractivity contribution in [3.8, 4) is 22.8 Å². The molecular weight excluding hydrogens is 400 g/mol. The van der Waals surface area contributed by atoms with Crippen molar-refractivity contribution in [2.75, 3.05) is 7.11 Å². The molecule has 3 aromatic rings. The van der Waals surface area contributed by atoms with Crippen LogP contribution in [0.1, 0.15) is 11.3 Å². The van der Waals surface area contributed by atoms with Gasteiger partial charge in [-0.3, -0.25) is 8.78 Å². The highest BCUT2D eigenvalue weighted by Gasteiger charge is 2.35. The highest BCUT2D eigenvalue weighted by molar-refractivity contribution is 7.78. The van der Waals surface area contributed by atoms with Gasteiger partial charge in [-0.25, -0.2) is 9.37 Å². The molecule has 0 spiro atoms. The molecule has 3 rings (SSSR count).